The van der Waals surface area contributed by atoms with Crippen LogP contribution in [0.25, 0.3) is 10.9 Å². The molecule has 0 bridgehead atoms. The van der Waals surface area contributed by atoms with Crippen LogP contribution >= 0.6 is 11.6 Å². The van der Waals surface area contributed by atoms with Gasteiger partial charge in [-0.1, -0.05) is 29.8 Å². The second-order valence-electron chi connectivity index (χ2n) is 7.66. The molecule has 0 N–H and O–H groups in total. The second-order valence-corrected chi connectivity index (χ2v) is 8.09. The average Bonchev–Trinajstić information content (AvgIpc) is 3.22. The van der Waals surface area contributed by atoms with E-state index in [-0.39, 0.29) is 18.4 Å². The van der Waals surface area contributed by atoms with E-state index in [1.165, 1.54) is 0 Å². The lowest BCUT2D eigenvalue weighted by atomic mass is 10.2. The van der Waals surface area contributed by atoms with Crippen LogP contribution in [0.15, 0.2) is 84.0 Å². The fourth-order valence-electron chi connectivity index (χ4n) is 3.86. The maximum Gasteiger partial charge on any atom is 0.262 e. The van der Waals surface area contributed by atoms with Gasteiger partial charge in [-0.3, -0.25) is 19.1 Å². The number of amides is 1. The van der Waals surface area contributed by atoms with Gasteiger partial charge in [0.2, 0.25) is 0 Å². The Bertz CT molecular complexity index is 1360. The minimum atomic E-state index is -0.137. The molecule has 0 saturated carbocycles. The smallest absolute Gasteiger partial charge is 0.262 e. The van der Waals surface area contributed by atoms with Gasteiger partial charge in [0.25, 0.3) is 11.8 Å². The predicted octanol–water partition coefficient (Wildman–Crippen LogP) is 5.10. The number of hydrogen-bond donors (Lipinski definition) is 0. The normalized spacial score (nSPS) is 14.3. The molecule has 1 saturated heterocycles. The molecule has 2 heterocycles. The number of aromatic nitrogens is 1. The van der Waals surface area contributed by atoms with Gasteiger partial charge in [0.1, 0.15) is 6.61 Å². The van der Waals surface area contributed by atoms with Crippen molar-refractivity contribution in [3.05, 3.63) is 95.1 Å². The Morgan fingerprint density at radius 1 is 1.00 bits per heavy atom. The number of rotatable bonds is 4. The van der Waals surface area contributed by atoms with Crippen molar-refractivity contribution in [2.75, 3.05) is 24.7 Å². The fourth-order valence-corrected chi connectivity index (χ4v) is 3.99. The Morgan fingerprint density at radius 2 is 1.76 bits per heavy atom. The Morgan fingerprint density at radius 3 is 2.52 bits per heavy atom. The first-order valence-corrected chi connectivity index (χ1v) is 10.9. The summed E-state index contributed by atoms with van der Waals surface area (Å²) < 4.78 is 6.82. The number of para-hydroxylation sites is 1. The molecule has 0 spiro atoms. The number of hydrogen-bond acceptors (Lipinski definition) is 4. The summed E-state index contributed by atoms with van der Waals surface area (Å²) in [6.45, 7) is 1.19. The summed E-state index contributed by atoms with van der Waals surface area (Å²) in [5.41, 5.74) is 3.77. The largest absolute Gasteiger partial charge is 0.370 e. The summed E-state index contributed by atoms with van der Waals surface area (Å²) in [5, 5.41) is 1.51. The van der Waals surface area contributed by atoms with Gasteiger partial charge in [0.15, 0.2) is 0 Å². The van der Waals surface area contributed by atoms with Crippen molar-refractivity contribution in [3.8, 4) is 0 Å². The van der Waals surface area contributed by atoms with Crippen LogP contribution in [0.5, 0.6) is 0 Å². The van der Waals surface area contributed by atoms with Gasteiger partial charge in [0, 0.05) is 46.2 Å². The van der Waals surface area contributed by atoms with Gasteiger partial charge in [-0.25, -0.2) is 0 Å². The van der Waals surface area contributed by atoms with E-state index in [4.69, 9.17) is 16.3 Å². The van der Waals surface area contributed by atoms with Gasteiger partial charge in [-0.05, 0) is 54.6 Å². The molecular weight excluding hydrogens is 438 g/mol. The highest BCUT2D eigenvalue weighted by Gasteiger charge is 2.20. The number of carbonyl (C=O) groups is 2. The third kappa shape index (κ3) is 4.31. The highest BCUT2D eigenvalue weighted by atomic mass is 35.5. The molecule has 7 heteroatoms. The number of carbonyl (C=O) groups excluding carboxylic acids is 2. The van der Waals surface area contributed by atoms with Crippen LogP contribution < -0.4 is 4.90 Å². The predicted molar refractivity (Wildman–Crippen MR) is 130 cm³/mol. The zero-order valence-electron chi connectivity index (χ0n) is 17.6. The Kier molecular flexibility index (Phi) is 5.77. The van der Waals surface area contributed by atoms with E-state index in [0.29, 0.717) is 23.7 Å². The number of aliphatic imine (C=N–C) groups is 1. The molecule has 1 fully saturated rings. The lowest BCUT2D eigenvalue weighted by Crippen LogP contribution is -2.41. The van der Waals surface area contributed by atoms with Gasteiger partial charge in [-0.15, -0.1) is 0 Å². The summed E-state index contributed by atoms with van der Waals surface area (Å²) in [5.74, 6) is -0.183. The molecule has 0 atom stereocenters. The molecular formula is C26H20ClN3O3. The number of ether oxygens (including phenoxy) is 1. The van der Waals surface area contributed by atoms with Crippen molar-refractivity contribution in [1.29, 1.82) is 0 Å². The minimum absolute atomic E-state index is 0.0457. The van der Waals surface area contributed by atoms with E-state index in [0.717, 1.165) is 27.8 Å². The summed E-state index contributed by atoms with van der Waals surface area (Å²) in [6, 6.07) is 22.1. The van der Waals surface area contributed by atoms with Crippen LogP contribution in [-0.4, -0.2) is 42.4 Å². The van der Waals surface area contributed by atoms with Crippen molar-refractivity contribution in [2.45, 2.75) is 0 Å². The highest BCUT2D eigenvalue weighted by Crippen LogP contribution is 2.24. The summed E-state index contributed by atoms with van der Waals surface area (Å²) in [7, 11) is 0. The molecule has 1 aromatic heterocycles. The number of morpholine rings is 1. The van der Waals surface area contributed by atoms with E-state index in [1.807, 2.05) is 48.5 Å². The average molecular weight is 458 g/mol. The Balaban J connectivity index is 1.43. The molecule has 0 unspecified atom stereocenters. The van der Waals surface area contributed by atoms with Crippen LogP contribution in [0.3, 0.4) is 0 Å². The van der Waals surface area contributed by atoms with Crippen molar-refractivity contribution < 1.29 is 14.3 Å². The van der Waals surface area contributed by atoms with Crippen LogP contribution in [0.4, 0.5) is 11.4 Å². The third-order valence-electron chi connectivity index (χ3n) is 5.55. The first kappa shape index (κ1) is 21.1. The molecule has 3 aromatic carbocycles. The number of anilines is 1. The quantitative estimate of drug-likeness (QED) is 0.401. The lowest BCUT2D eigenvalue weighted by Gasteiger charge is -2.26. The molecule has 4 aromatic rings. The molecule has 1 aliphatic heterocycles. The van der Waals surface area contributed by atoms with Crippen molar-refractivity contribution >= 4 is 51.9 Å². The van der Waals surface area contributed by atoms with E-state index in [2.05, 4.69) is 4.99 Å². The van der Waals surface area contributed by atoms with Crippen molar-refractivity contribution in [3.63, 3.8) is 0 Å². The standard InChI is InChI=1S/C26H20ClN3O3/c27-20-7-5-18(6-8-20)26(32)30-16-19(23-3-1-2-4-24(23)30)15-28-21-9-11-22(12-10-21)29-13-14-33-17-25(29)31/h1-12,15-16H,13-14,17H2. The summed E-state index contributed by atoms with van der Waals surface area (Å²) >= 11 is 5.96. The highest BCUT2D eigenvalue weighted by molar-refractivity contribution is 6.30. The van der Waals surface area contributed by atoms with Gasteiger partial charge >= 0.3 is 0 Å². The van der Waals surface area contributed by atoms with Crippen LogP contribution in [0.1, 0.15) is 15.9 Å². The third-order valence-corrected chi connectivity index (χ3v) is 5.80. The number of halogens is 1. The van der Waals surface area contributed by atoms with Crippen LogP contribution in [0, 0.1) is 0 Å². The van der Waals surface area contributed by atoms with Crippen molar-refractivity contribution in [1.82, 2.24) is 4.57 Å². The molecule has 1 amide bonds. The van der Waals surface area contributed by atoms with Gasteiger partial charge in [0.05, 0.1) is 17.8 Å². The van der Waals surface area contributed by atoms with Gasteiger partial charge in [-0.2, -0.15) is 0 Å². The SMILES string of the molecule is O=C1COCCN1c1ccc(N=Cc2cn(C(=O)c3ccc(Cl)cc3)c3ccccc23)cc1. The minimum Gasteiger partial charge on any atom is -0.370 e. The summed E-state index contributed by atoms with van der Waals surface area (Å²) in [6.07, 6.45) is 3.55. The Hall–Kier alpha value is -3.74. The second kappa shape index (κ2) is 9.02. The molecule has 164 valence electrons. The van der Waals surface area contributed by atoms with Crippen LogP contribution in [-0.2, 0) is 9.53 Å². The lowest BCUT2D eigenvalue weighted by molar-refractivity contribution is -0.125. The topological polar surface area (TPSA) is 63.9 Å². The zero-order valence-corrected chi connectivity index (χ0v) is 18.4. The molecule has 0 aliphatic carbocycles. The zero-order chi connectivity index (χ0) is 22.8. The van der Waals surface area contributed by atoms with E-state index >= 15 is 0 Å². The van der Waals surface area contributed by atoms with Crippen molar-refractivity contribution in [2.24, 2.45) is 4.99 Å². The van der Waals surface area contributed by atoms with E-state index in [9.17, 15) is 9.59 Å². The first-order valence-electron chi connectivity index (χ1n) is 10.5. The fraction of sp³-hybridized carbons (Fsp3) is 0.115. The number of nitrogens with zero attached hydrogens (tertiary/aromatic N) is 3. The molecule has 5 rings (SSSR count). The number of benzene rings is 3. The van der Waals surface area contributed by atoms with E-state index < -0.39 is 0 Å². The van der Waals surface area contributed by atoms with Gasteiger partial charge < -0.3 is 9.64 Å². The maximum atomic E-state index is 13.1. The molecule has 1 aliphatic rings. The molecule has 0 radical (unpaired) electrons. The summed E-state index contributed by atoms with van der Waals surface area (Å²) in [4.78, 5) is 31.4. The first-order chi connectivity index (χ1) is 16.1. The molecule has 6 nitrogen and oxygen atoms in total. The van der Waals surface area contributed by atoms with Crippen LogP contribution in [0.2, 0.25) is 5.02 Å². The monoisotopic (exact) mass is 457 g/mol. The molecule has 33 heavy (non-hydrogen) atoms. The Labute approximate surface area is 195 Å². The van der Waals surface area contributed by atoms with E-state index in [1.54, 1.807) is 46.1 Å². The number of fused-ring (bicyclic) bond motifs is 1. The maximum absolute atomic E-state index is 13.1.